The Morgan fingerprint density at radius 1 is 1.31 bits per heavy atom. The van der Waals surface area contributed by atoms with Crippen LogP contribution in [-0.2, 0) is 6.42 Å². The Morgan fingerprint density at radius 2 is 2.07 bits per heavy atom. The monoisotopic (exact) mass is 435 g/mol. The zero-order valence-electron chi connectivity index (χ0n) is 16.8. The van der Waals surface area contributed by atoms with Gasteiger partial charge in [-0.05, 0) is 50.9 Å². The predicted molar refractivity (Wildman–Crippen MR) is 120 cm³/mol. The van der Waals surface area contributed by atoms with Crippen molar-refractivity contribution in [1.29, 1.82) is 0 Å². The number of amides is 1. The number of hydrogen-bond donors (Lipinski definition) is 2. The topological polar surface area (TPSA) is 71.8 Å². The van der Waals surface area contributed by atoms with E-state index in [1.807, 2.05) is 17.7 Å². The van der Waals surface area contributed by atoms with Crippen molar-refractivity contribution in [3.05, 3.63) is 58.9 Å². The fraction of sp³-hybridized carbons (Fsp3) is 0.381. The van der Waals surface area contributed by atoms with Gasteiger partial charge >= 0.3 is 0 Å². The number of nitrogens with one attached hydrogen (secondary N) is 2. The van der Waals surface area contributed by atoms with E-state index in [-0.39, 0.29) is 42.8 Å². The normalized spacial score (nSPS) is 15.4. The minimum absolute atomic E-state index is 0. The van der Waals surface area contributed by atoms with Crippen molar-refractivity contribution in [2.45, 2.75) is 39.3 Å². The van der Waals surface area contributed by atoms with Crippen LogP contribution in [-0.4, -0.2) is 33.8 Å². The largest absolute Gasteiger partial charge is 0.350 e. The van der Waals surface area contributed by atoms with Gasteiger partial charge in [-0.25, -0.2) is 9.67 Å². The Kier molecular flexibility index (Phi) is 7.63. The highest BCUT2D eigenvalue weighted by molar-refractivity contribution is 5.98. The summed E-state index contributed by atoms with van der Waals surface area (Å²) < 4.78 is 1.88. The average Bonchev–Trinajstić information content (AvgIpc) is 3.08. The number of pyridine rings is 1. The molecular formula is C21H27Cl2N5O. The minimum atomic E-state index is -0.0935. The standard InChI is InChI=1S/C21H25N5O.2ClH/c1-13(2)26-20-16(11-24-26)10-18(14(3)25-20)21(27)23-12-19-17-7-5-4-6-15(17)8-9-22-19;;/h4-7,10-11,13,19,22H,8-9,12H2,1-3H3,(H,23,27);2*1H. The third kappa shape index (κ3) is 4.55. The zero-order valence-corrected chi connectivity index (χ0v) is 18.4. The lowest BCUT2D eigenvalue weighted by Gasteiger charge is -2.27. The first kappa shape index (κ1) is 23.1. The molecule has 0 radical (unpaired) electrons. The second-order valence-corrected chi connectivity index (χ2v) is 7.38. The van der Waals surface area contributed by atoms with Crippen LogP contribution in [0.25, 0.3) is 11.0 Å². The number of aryl methyl sites for hydroxylation is 1. The van der Waals surface area contributed by atoms with E-state index in [2.05, 4.69) is 58.8 Å². The predicted octanol–water partition coefficient (Wildman–Crippen LogP) is 3.78. The van der Waals surface area contributed by atoms with E-state index in [9.17, 15) is 4.79 Å². The van der Waals surface area contributed by atoms with Crippen molar-refractivity contribution in [3.8, 4) is 0 Å². The summed E-state index contributed by atoms with van der Waals surface area (Å²) in [7, 11) is 0. The van der Waals surface area contributed by atoms with Crippen LogP contribution in [0.1, 0.15) is 53.1 Å². The number of fused-ring (bicyclic) bond motifs is 2. The van der Waals surface area contributed by atoms with Gasteiger partial charge in [0.1, 0.15) is 0 Å². The van der Waals surface area contributed by atoms with Gasteiger partial charge in [0.2, 0.25) is 0 Å². The lowest BCUT2D eigenvalue weighted by atomic mass is 9.94. The first-order valence-corrected chi connectivity index (χ1v) is 9.49. The molecule has 0 spiro atoms. The average molecular weight is 436 g/mol. The van der Waals surface area contributed by atoms with Gasteiger partial charge < -0.3 is 10.6 Å². The first-order chi connectivity index (χ1) is 13.0. The van der Waals surface area contributed by atoms with Crippen LogP contribution in [0.3, 0.4) is 0 Å². The third-order valence-electron chi connectivity index (χ3n) is 5.18. The van der Waals surface area contributed by atoms with Gasteiger partial charge in [-0.3, -0.25) is 4.79 Å². The molecule has 8 heteroatoms. The number of carbonyl (C=O) groups excluding carboxylic acids is 1. The molecule has 3 heterocycles. The zero-order chi connectivity index (χ0) is 19.0. The van der Waals surface area contributed by atoms with E-state index >= 15 is 0 Å². The van der Waals surface area contributed by atoms with Crippen molar-refractivity contribution in [2.75, 3.05) is 13.1 Å². The van der Waals surface area contributed by atoms with Crippen LogP contribution in [0.15, 0.2) is 36.5 Å². The molecule has 3 aromatic rings. The highest BCUT2D eigenvalue weighted by Crippen LogP contribution is 2.23. The molecule has 4 rings (SSSR count). The van der Waals surface area contributed by atoms with E-state index in [1.54, 1.807) is 6.20 Å². The summed E-state index contributed by atoms with van der Waals surface area (Å²) in [5.41, 5.74) is 4.78. The van der Waals surface area contributed by atoms with Crippen molar-refractivity contribution in [2.24, 2.45) is 0 Å². The molecule has 1 amide bonds. The maximum atomic E-state index is 12.8. The smallest absolute Gasteiger partial charge is 0.253 e. The number of rotatable bonds is 4. The maximum Gasteiger partial charge on any atom is 0.253 e. The summed E-state index contributed by atoms with van der Waals surface area (Å²) >= 11 is 0. The molecule has 1 aromatic carbocycles. The minimum Gasteiger partial charge on any atom is -0.350 e. The number of nitrogens with zero attached hydrogens (tertiary/aromatic N) is 3. The second-order valence-electron chi connectivity index (χ2n) is 7.38. The fourth-order valence-corrected chi connectivity index (χ4v) is 3.74. The van der Waals surface area contributed by atoms with Gasteiger partial charge in [-0.2, -0.15) is 5.10 Å². The summed E-state index contributed by atoms with van der Waals surface area (Å²) in [6.07, 6.45) is 2.80. The van der Waals surface area contributed by atoms with Crippen LogP contribution in [0, 0.1) is 6.92 Å². The Bertz CT molecular complexity index is 1000. The summed E-state index contributed by atoms with van der Waals surface area (Å²) in [5, 5.41) is 11.9. The third-order valence-corrected chi connectivity index (χ3v) is 5.18. The van der Waals surface area contributed by atoms with Crippen molar-refractivity contribution in [3.63, 3.8) is 0 Å². The molecule has 2 aromatic heterocycles. The summed E-state index contributed by atoms with van der Waals surface area (Å²) in [5.74, 6) is -0.0935. The number of hydrogen-bond acceptors (Lipinski definition) is 4. The first-order valence-electron chi connectivity index (χ1n) is 9.49. The van der Waals surface area contributed by atoms with Crippen molar-refractivity contribution in [1.82, 2.24) is 25.4 Å². The van der Waals surface area contributed by atoms with E-state index in [0.717, 1.165) is 29.7 Å². The summed E-state index contributed by atoms with van der Waals surface area (Å²) in [4.78, 5) is 17.4. The molecule has 29 heavy (non-hydrogen) atoms. The molecule has 1 atom stereocenters. The van der Waals surface area contributed by atoms with Crippen LogP contribution < -0.4 is 10.6 Å². The van der Waals surface area contributed by atoms with Crippen LogP contribution in [0.5, 0.6) is 0 Å². The molecule has 1 aliphatic rings. The van der Waals surface area contributed by atoms with Gasteiger partial charge in [0.15, 0.2) is 5.65 Å². The summed E-state index contributed by atoms with van der Waals surface area (Å²) in [6.45, 7) is 7.50. The highest BCUT2D eigenvalue weighted by atomic mass is 35.5. The molecule has 0 aliphatic carbocycles. The number of benzene rings is 1. The van der Waals surface area contributed by atoms with Gasteiger partial charge in [0, 0.05) is 24.0 Å². The number of halogens is 2. The highest BCUT2D eigenvalue weighted by Gasteiger charge is 2.21. The molecule has 1 aliphatic heterocycles. The lowest BCUT2D eigenvalue weighted by Crippen LogP contribution is -2.39. The number of carbonyl (C=O) groups is 1. The molecule has 0 saturated heterocycles. The van der Waals surface area contributed by atoms with Gasteiger partial charge in [-0.1, -0.05) is 24.3 Å². The molecule has 1 unspecified atom stereocenters. The lowest BCUT2D eigenvalue weighted by molar-refractivity contribution is 0.0948. The Morgan fingerprint density at radius 3 is 2.83 bits per heavy atom. The number of aromatic nitrogens is 3. The molecule has 156 valence electrons. The quantitative estimate of drug-likeness (QED) is 0.653. The van der Waals surface area contributed by atoms with E-state index < -0.39 is 0 Å². The molecule has 6 nitrogen and oxygen atoms in total. The molecule has 2 N–H and O–H groups in total. The van der Waals surface area contributed by atoms with Gasteiger partial charge in [0.25, 0.3) is 5.91 Å². The van der Waals surface area contributed by atoms with Gasteiger partial charge in [0.05, 0.1) is 17.5 Å². The molecular weight excluding hydrogens is 409 g/mol. The summed E-state index contributed by atoms with van der Waals surface area (Å²) in [6, 6.07) is 10.7. The molecule has 0 fully saturated rings. The Balaban J connectivity index is 0.00000150. The molecule has 0 saturated carbocycles. The van der Waals surface area contributed by atoms with Crippen molar-refractivity contribution >= 4 is 41.8 Å². The van der Waals surface area contributed by atoms with Crippen LogP contribution >= 0.6 is 24.8 Å². The van der Waals surface area contributed by atoms with E-state index in [4.69, 9.17) is 0 Å². The van der Waals surface area contributed by atoms with Crippen molar-refractivity contribution < 1.29 is 4.79 Å². The van der Waals surface area contributed by atoms with E-state index in [1.165, 1.54) is 11.1 Å². The van der Waals surface area contributed by atoms with Gasteiger partial charge in [-0.15, -0.1) is 24.8 Å². The van der Waals surface area contributed by atoms with Crippen LogP contribution in [0.4, 0.5) is 0 Å². The Hall–Kier alpha value is -2.15. The fourth-order valence-electron chi connectivity index (χ4n) is 3.74. The maximum absolute atomic E-state index is 12.8. The van der Waals surface area contributed by atoms with E-state index in [0.29, 0.717) is 12.1 Å². The molecule has 0 bridgehead atoms. The second kappa shape index (κ2) is 9.57. The van der Waals surface area contributed by atoms with Crippen LogP contribution in [0.2, 0.25) is 0 Å². The SMILES string of the molecule is Cc1nc2c(cnn2C(C)C)cc1C(=O)NCC1NCCc2ccccc21.Cl.Cl. The Labute approximate surface area is 183 Å².